The van der Waals surface area contributed by atoms with Crippen molar-refractivity contribution in [1.29, 1.82) is 0 Å². The Kier molecular flexibility index (Phi) is 6.98. The molecule has 52 heavy (non-hydrogen) atoms. The van der Waals surface area contributed by atoms with Gasteiger partial charge in [0, 0.05) is 33.7 Å². The minimum absolute atomic E-state index is 0.126. The summed E-state index contributed by atoms with van der Waals surface area (Å²) in [5, 5.41) is 6.34. The maximum absolute atomic E-state index is 3.89. The molecule has 2 heterocycles. The highest BCUT2D eigenvalue weighted by molar-refractivity contribution is 6.74. The molecular formula is C49H36BN2. The maximum Gasteiger partial charge on any atom is 0.197 e. The van der Waals surface area contributed by atoms with Gasteiger partial charge in [-0.3, -0.25) is 0 Å². The molecule has 0 saturated carbocycles. The van der Waals surface area contributed by atoms with E-state index >= 15 is 0 Å². The number of nitrogens with one attached hydrogen (secondary N) is 1. The molecule has 8 aromatic carbocycles. The van der Waals surface area contributed by atoms with Crippen molar-refractivity contribution in [3.05, 3.63) is 187 Å². The lowest BCUT2D eigenvalue weighted by Crippen LogP contribution is -2.45. The van der Waals surface area contributed by atoms with E-state index in [0.29, 0.717) is 0 Å². The molecule has 1 radical (unpaired) electrons. The fourth-order valence-corrected chi connectivity index (χ4v) is 8.50. The lowest BCUT2D eigenvalue weighted by molar-refractivity contribution is 0.632. The van der Waals surface area contributed by atoms with E-state index in [1.54, 1.807) is 0 Å². The minimum atomic E-state index is -0.126. The predicted molar refractivity (Wildman–Crippen MR) is 222 cm³/mol. The number of rotatable bonds is 5. The first-order chi connectivity index (χ1) is 25.5. The molecule has 0 bridgehead atoms. The van der Waals surface area contributed by atoms with Crippen molar-refractivity contribution in [2.75, 3.05) is 10.2 Å². The molecule has 0 amide bonds. The minimum Gasteiger partial charge on any atom is -0.355 e. The van der Waals surface area contributed by atoms with E-state index in [1.807, 2.05) is 0 Å². The highest BCUT2D eigenvalue weighted by Crippen LogP contribution is 2.53. The molecule has 0 atom stereocenters. The van der Waals surface area contributed by atoms with Crippen LogP contribution in [0.5, 0.6) is 0 Å². The van der Waals surface area contributed by atoms with Crippen LogP contribution in [0.3, 0.4) is 0 Å². The van der Waals surface area contributed by atoms with Gasteiger partial charge in [-0.05, 0) is 91.6 Å². The Hall–Kier alpha value is -6.32. The zero-order valence-corrected chi connectivity index (χ0v) is 29.3. The highest BCUT2D eigenvalue weighted by atomic mass is 15.2. The molecule has 245 valence electrons. The van der Waals surface area contributed by atoms with Gasteiger partial charge in [0.15, 0.2) is 7.28 Å². The maximum atomic E-state index is 3.89. The molecule has 3 heteroatoms. The number of hydrogen-bond acceptors (Lipinski definition) is 2. The van der Waals surface area contributed by atoms with Crippen molar-refractivity contribution in [1.82, 2.24) is 0 Å². The average molecular weight is 664 g/mol. The number of hydrogen-bond donors (Lipinski definition) is 1. The normalized spacial score (nSPS) is 13.5. The standard InChI is InChI=1S/C49H36BN2/c1-49(2)40-23-11-12-26-44(40)52-45-31-36-19-9-10-22-38(36)46(47(45)50-42-25-14-24-41(49)48(42)52)39-30-35(33-17-7-4-8-18-33)27-28-43(39)51-37-21-13-20-34(29-37)32-15-5-3-6-16-32/h3-31,51H,1-2H3. The fourth-order valence-electron chi connectivity index (χ4n) is 8.50. The van der Waals surface area contributed by atoms with E-state index in [2.05, 4.69) is 207 Å². The van der Waals surface area contributed by atoms with E-state index in [4.69, 9.17) is 0 Å². The van der Waals surface area contributed by atoms with Crippen molar-refractivity contribution in [3.8, 4) is 33.4 Å². The van der Waals surface area contributed by atoms with Gasteiger partial charge in [0.2, 0.25) is 0 Å². The molecule has 2 aliphatic heterocycles. The van der Waals surface area contributed by atoms with E-state index < -0.39 is 0 Å². The molecule has 0 saturated heterocycles. The Morgan fingerprint density at radius 3 is 1.98 bits per heavy atom. The van der Waals surface area contributed by atoms with Crippen molar-refractivity contribution in [2.24, 2.45) is 0 Å². The molecule has 2 nitrogen and oxygen atoms in total. The van der Waals surface area contributed by atoms with Crippen LogP contribution < -0.4 is 21.1 Å². The lowest BCUT2D eigenvalue weighted by atomic mass is 9.55. The third-order valence-electron chi connectivity index (χ3n) is 11.0. The van der Waals surface area contributed by atoms with Gasteiger partial charge in [0.25, 0.3) is 0 Å². The van der Waals surface area contributed by atoms with Crippen LogP contribution in [-0.2, 0) is 5.41 Å². The summed E-state index contributed by atoms with van der Waals surface area (Å²) >= 11 is 0. The van der Waals surface area contributed by atoms with E-state index in [1.165, 1.54) is 83.3 Å². The topological polar surface area (TPSA) is 15.3 Å². The summed E-state index contributed by atoms with van der Waals surface area (Å²) in [5.74, 6) is 0. The van der Waals surface area contributed by atoms with Crippen molar-refractivity contribution >= 4 is 57.4 Å². The molecule has 0 aromatic heterocycles. The van der Waals surface area contributed by atoms with Crippen LogP contribution in [0.15, 0.2) is 176 Å². The monoisotopic (exact) mass is 663 g/mol. The average Bonchev–Trinajstić information content (AvgIpc) is 3.19. The van der Waals surface area contributed by atoms with Crippen LogP contribution in [-0.4, -0.2) is 7.28 Å². The van der Waals surface area contributed by atoms with Crippen molar-refractivity contribution in [3.63, 3.8) is 0 Å². The van der Waals surface area contributed by atoms with Gasteiger partial charge in [-0.2, -0.15) is 0 Å². The first-order valence-electron chi connectivity index (χ1n) is 18.1. The molecule has 0 aliphatic carbocycles. The Balaban J connectivity index is 1.24. The Morgan fingerprint density at radius 2 is 1.17 bits per heavy atom. The molecule has 0 spiro atoms. The van der Waals surface area contributed by atoms with Crippen LogP contribution in [0.2, 0.25) is 0 Å². The van der Waals surface area contributed by atoms with E-state index in [9.17, 15) is 0 Å². The van der Waals surface area contributed by atoms with Crippen LogP contribution in [0.4, 0.5) is 28.4 Å². The highest BCUT2D eigenvalue weighted by Gasteiger charge is 2.41. The molecular weight excluding hydrogens is 627 g/mol. The Bertz CT molecular complexity index is 2660. The van der Waals surface area contributed by atoms with Crippen LogP contribution in [0.1, 0.15) is 25.0 Å². The van der Waals surface area contributed by atoms with Gasteiger partial charge in [-0.25, -0.2) is 0 Å². The Labute approximate surface area is 306 Å². The van der Waals surface area contributed by atoms with Crippen LogP contribution in [0.25, 0.3) is 44.2 Å². The summed E-state index contributed by atoms with van der Waals surface area (Å²) in [6.45, 7) is 4.72. The quantitative estimate of drug-likeness (QED) is 0.184. The van der Waals surface area contributed by atoms with Gasteiger partial charge in [0.05, 0.1) is 5.69 Å². The summed E-state index contributed by atoms with van der Waals surface area (Å²) in [6.07, 6.45) is 0. The third-order valence-corrected chi connectivity index (χ3v) is 11.0. The zero-order chi connectivity index (χ0) is 34.8. The van der Waals surface area contributed by atoms with E-state index in [0.717, 1.165) is 11.4 Å². The second kappa shape index (κ2) is 11.9. The van der Waals surface area contributed by atoms with Crippen LogP contribution in [0, 0.1) is 0 Å². The molecule has 2 aliphatic rings. The summed E-state index contributed by atoms with van der Waals surface area (Å²) in [6, 6.07) is 64.0. The van der Waals surface area contributed by atoms with Gasteiger partial charge >= 0.3 is 0 Å². The first-order valence-corrected chi connectivity index (χ1v) is 18.1. The SMILES string of the molecule is CC1(C)c2ccccc2N2c3cc4ccccc4c(-c4cc(-c5ccccc5)ccc4Nc4cccc(-c5ccccc5)c4)c3[B]c3cccc1c32. The number of benzene rings is 8. The molecule has 10 rings (SSSR count). The van der Waals surface area contributed by atoms with Crippen LogP contribution >= 0.6 is 0 Å². The number of para-hydroxylation sites is 2. The third kappa shape index (κ3) is 4.81. The molecule has 8 aromatic rings. The molecule has 0 unspecified atom stereocenters. The van der Waals surface area contributed by atoms with Crippen molar-refractivity contribution in [2.45, 2.75) is 19.3 Å². The second-order valence-corrected chi connectivity index (χ2v) is 14.5. The molecule has 1 N–H and O–H groups in total. The zero-order valence-electron chi connectivity index (χ0n) is 29.3. The number of fused-ring (bicyclic) bond motifs is 5. The lowest BCUT2D eigenvalue weighted by Gasteiger charge is -2.46. The first kappa shape index (κ1) is 30.5. The second-order valence-electron chi connectivity index (χ2n) is 14.5. The van der Waals surface area contributed by atoms with Gasteiger partial charge in [0.1, 0.15) is 0 Å². The van der Waals surface area contributed by atoms with E-state index in [-0.39, 0.29) is 5.41 Å². The number of nitrogens with zero attached hydrogens (tertiary/aromatic N) is 1. The van der Waals surface area contributed by atoms with Gasteiger partial charge < -0.3 is 10.2 Å². The number of anilines is 5. The fraction of sp³-hybridized carbons (Fsp3) is 0.0612. The molecule has 0 fully saturated rings. The summed E-state index contributed by atoms with van der Waals surface area (Å²) < 4.78 is 0. The smallest absolute Gasteiger partial charge is 0.197 e. The van der Waals surface area contributed by atoms with Crippen molar-refractivity contribution < 1.29 is 0 Å². The van der Waals surface area contributed by atoms with Gasteiger partial charge in [-0.1, -0.05) is 159 Å². The van der Waals surface area contributed by atoms with Gasteiger partial charge in [-0.15, -0.1) is 0 Å². The Morgan fingerprint density at radius 1 is 0.519 bits per heavy atom. The largest absolute Gasteiger partial charge is 0.355 e. The summed E-state index contributed by atoms with van der Waals surface area (Å²) in [4.78, 5) is 2.54. The summed E-state index contributed by atoms with van der Waals surface area (Å²) in [7, 11) is 2.44. The predicted octanol–water partition coefficient (Wildman–Crippen LogP) is 11.7. The summed E-state index contributed by atoms with van der Waals surface area (Å²) in [5.41, 5.74) is 18.1.